The van der Waals surface area contributed by atoms with Crippen LogP contribution in [0.4, 0.5) is 0 Å². The number of halogens is 1. The highest BCUT2D eigenvalue weighted by Gasteiger charge is 2.05. The second-order valence-electron chi connectivity index (χ2n) is 2.61. The zero-order chi connectivity index (χ0) is 9.42. The topological polar surface area (TPSA) is 20.2 Å². The smallest absolute Gasteiger partial charge is 0.172 e. The molecule has 0 aliphatic carbocycles. The van der Waals surface area contributed by atoms with Crippen LogP contribution in [0.1, 0.15) is 0 Å². The first-order chi connectivity index (χ1) is 6.20. The summed E-state index contributed by atoms with van der Waals surface area (Å²) in [6, 6.07) is 5.95. The summed E-state index contributed by atoms with van der Waals surface area (Å²) in [6.07, 6.45) is 2.04. The predicted octanol–water partition coefficient (Wildman–Crippen LogP) is 4.09. The molecule has 0 saturated heterocycles. The van der Waals surface area contributed by atoms with E-state index in [0.29, 0.717) is 5.06 Å². The summed E-state index contributed by atoms with van der Waals surface area (Å²) < 4.78 is 2.16. The summed E-state index contributed by atoms with van der Waals surface area (Å²) >= 11 is 6.59. The number of thiophene rings is 1. The maximum atomic E-state index is 9.34. The lowest BCUT2D eigenvalue weighted by Crippen LogP contribution is -1.70. The van der Waals surface area contributed by atoms with E-state index in [4.69, 9.17) is 0 Å². The van der Waals surface area contributed by atoms with Crippen LogP contribution in [0.25, 0.3) is 10.1 Å². The fraction of sp³-hybridized carbons (Fsp3) is 0.111. The Balaban J connectivity index is 2.75. The van der Waals surface area contributed by atoms with Gasteiger partial charge in [-0.2, -0.15) is 0 Å². The molecular weight excluding hydrogens is 268 g/mol. The second-order valence-corrected chi connectivity index (χ2v) is 5.38. The SMILES string of the molecule is CSc1cc(Br)c2sc(O)cc2c1. The summed E-state index contributed by atoms with van der Waals surface area (Å²) in [4.78, 5) is 1.21. The van der Waals surface area contributed by atoms with E-state index in [0.717, 1.165) is 14.6 Å². The molecule has 0 amide bonds. The Morgan fingerprint density at radius 3 is 2.85 bits per heavy atom. The van der Waals surface area contributed by atoms with Crippen molar-refractivity contribution in [3.63, 3.8) is 0 Å². The molecule has 0 atom stereocenters. The highest BCUT2D eigenvalue weighted by molar-refractivity contribution is 9.10. The first-order valence-electron chi connectivity index (χ1n) is 3.67. The summed E-state index contributed by atoms with van der Waals surface area (Å²) in [6.45, 7) is 0. The van der Waals surface area contributed by atoms with Crippen LogP contribution < -0.4 is 0 Å². The summed E-state index contributed by atoms with van der Waals surface area (Å²) in [5, 5.41) is 10.8. The average molecular weight is 275 g/mol. The van der Waals surface area contributed by atoms with Crippen molar-refractivity contribution >= 4 is 49.1 Å². The van der Waals surface area contributed by atoms with Gasteiger partial charge in [0.2, 0.25) is 0 Å². The van der Waals surface area contributed by atoms with Gasteiger partial charge in [0.1, 0.15) is 0 Å². The molecule has 68 valence electrons. The molecule has 4 heteroatoms. The average Bonchev–Trinajstić information content (AvgIpc) is 2.46. The van der Waals surface area contributed by atoms with E-state index in [9.17, 15) is 5.11 Å². The Bertz CT molecular complexity index is 450. The maximum Gasteiger partial charge on any atom is 0.172 e. The molecule has 0 radical (unpaired) electrons. The quantitative estimate of drug-likeness (QED) is 0.791. The van der Waals surface area contributed by atoms with Crippen LogP contribution in [-0.2, 0) is 0 Å². The largest absolute Gasteiger partial charge is 0.499 e. The Morgan fingerprint density at radius 1 is 1.38 bits per heavy atom. The Labute approximate surface area is 92.9 Å². The first-order valence-corrected chi connectivity index (χ1v) is 6.50. The van der Waals surface area contributed by atoms with Gasteiger partial charge in [0.05, 0.1) is 4.70 Å². The Morgan fingerprint density at radius 2 is 2.15 bits per heavy atom. The van der Waals surface area contributed by atoms with E-state index in [1.165, 1.54) is 16.2 Å². The van der Waals surface area contributed by atoms with Crippen LogP contribution in [-0.4, -0.2) is 11.4 Å². The van der Waals surface area contributed by atoms with E-state index in [1.807, 2.05) is 6.26 Å². The van der Waals surface area contributed by atoms with E-state index in [1.54, 1.807) is 17.8 Å². The number of hydrogen-bond donors (Lipinski definition) is 1. The van der Waals surface area contributed by atoms with E-state index < -0.39 is 0 Å². The minimum atomic E-state index is 0.369. The van der Waals surface area contributed by atoms with Crippen LogP contribution in [0.15, 0.2) is 27.6 Å². The first kappa shape index (κ1) is 9.37. The monoisotopic (exact) mass is 274 g/mol. The van der Waals surface area contributed by atoms with E-state index in [2.05, 4.69) is 28.1 Å². The third kappa shape index (κ3) is 1.71. The lowest BCUT2D eigenvalue weighted by molar-refractivity contribution is 0.491. The van der Waals surface area contributed by atoms with Crippen molar-refractivity contribution < 1.29 is 5.11 Å². The molecular formula is C9H7BrOS2. The molecule has 1 N–H and O–H groups in total. The van der Waals surface area contributed by atoms with Crippen molar-refractivity contribution in [2.45, 2.75) is 4.90 Å². The summed E-state index contributed by atoms with van der Waals surface area (Å²) in [5.74, 6) is 0. The molecule has 0 aliphatic rings. The third-order valence-electron chi connectivity index (χ3n) is 1.77. The Hall–Kier alpha value is -0.190. The molecule has 1 aromatic heterocycles. The van der Waals surface area contributed by atoms with E-state index in [-0.39, 0.29) is 0 Å². The number of benzene rings is 1. The van der Waals surface area contributed by atoms with Gasteiger partial charge in [0, 0.05) is 9.37 Å². The maximum absolute atomic E-state index is 9.34. The molecule has 1 heterocycles. The Kier molecular flexibility index (Phi) is 2.53. The third-order valence-corrected chi connectivity index (χ3v) is 4.35. The minimum Gasteiger partial charge on any atom is -0.499 e. The molecule has 0 bridgehead atoms. The van der Waals surface area contributed by atoms with Crippen molar-refractivity contribution in [3.8, 4) is 5.06 Å². The lowest BCUT2D eigenvalue weighted by atomic mass is 10.3. The summed E-state index contributed by atoms with van der Waals surface area (Å²) in [5.41, 5.74) is 0. The fourth-order valence-corrected chi connectivity index (χ4v) is 3.33. The van der Waals surface area contributed by atoms with Gasteiger partial charge in [-0.05, 0) is 45.8 Å². The van der Waals surface area contributed by atoms with Crippen LogP contribution in [0.3, 0.4) is 0 Å². The number of aromatic hydroxyl groups is 1. The van der Waals surface area contributed by atoms with Gasteiger partial charge < -0.3 is 5.11 Å². The molecule has 0 unspecified atom stereocenters. The highest BCUT2D eigenvalue weighted by Crippen LogP contribution is 2.38. The molecule has 0 fully saturated rings. The van der Waals surface area contributed by atoms with Gasteiger partial charge in [-0.1, -0.05) is 11.3 Å². The van der Waals surface area contributed by atoms with Crippen LogP contribution in [0.5, 0.6) is 5.06 Å². The number of fused-ring (bicyclic) bond motifs is 1. The highest BCUT2D eigenvalue weighted by atomic mass is 79.9. The van der Waals surface area contributed by atoms with Crippen molar-refractivity contribution in [2.75, 3.05) is 6.26 Å². The molecule has 0 aliphatic heterocycles. The molecule has 13 heavy (non-hydrogen) atoms. The zero-order valence-corrected chi connectivity index (χ0v) is 10.1. The van der Waals surface area contributed by atoms with Crippen molar-refractivity contribution in [2.24, 2.45) is 0 Å². The van der Waals surface area contributed by atoms with Gasteiger partial charge >= 0.3 is 0 Å². The molecule has 2 aromatic rings. The fourth-order valence-electron chi connectivity index (χ4n) is 1.19. The van der Waals surface area contributed by atoms with Crippen LogP contribution in [0, 0.1) is 0 Å². The van der Waals surface area contributed by atoms with Gasteiger partial charge in [0.15, 0.2) is 5.06 Å². The van der Waals surface area contributed by atoms with Crippen molar-refractivity contribution in [3.05, 3.63) is 22.7 Å². The molecule has 2 rings (SSSR count). The standard InChI is InChI=1S/C9H7BrOS2/c1-12-6-2-5-3-8(11)13-9(5)7(10)4-6/h2-4,11H,1H3. The second kappa shape index (κ2) is 3.52. The van der Waals surface area contributed by atoms with Gasteiger partial charge in [-0.3, -0.25) is 0 Å². The van der Waals surface area contributed by atoms with Crippen molar-refractivity contribution in [1.29, 1.82) is 0 Å². The molecule has 1 nitrogen and oxygen atoms in total. The normalized spacial score (nSPS) is 10.9. The zero-order valence-electron chi connectivity index (χ0n) is 6.87. The molecule has 0 spiro atoms. The number of hydrogen-bond acceptors (Lipinski definition) is 3. The predicted molar refractivity (Wildman–Crippen MR) is 63.0 cm³/mol. The number of thioether (sulfide) groups is 1. The summed E-state index contributed by atoms with van der Waals surface area (Å²) in [7, 11) is 0. The lowest BCUT2D eigenvalue weighted by Gasteiger charge is -1.98. The molecule has 0 saturated carbocycles. The van der Waals surface area contributed by atoms with Crippen molar-refractivity contribution in [1.82, 2.24) is 0 Å². The van der Waals surface area contributed by atoms with Crippen LogP contribution >= 0.6 is 39.0 Å². The van der Waals surface area contributed by atoms with Crippen LogP contribution in [0.2, 0.25) is 0 Å². The number of rotatable bonds is 1. The van der Waals surface area contributed by atoms with E-state index >= 15 is 0 Å². The van der Waals surface area contributed by atoms with Gasteiger partial charge in [-0.25, -0.2) is 0 Å². The minimum absolute atomic E-state index is 0.369. The van der Waals surface area contributed by atoms with Gasteiger partial charge in [-0.15, -0.1) is 11.8 Å². The molecule has 1 aromatic carbocycles. The van der Waals surface area contributed by atoms with Gasteiger partial charge in [0.25, 0.3) is 0 Å².